The van der Waals surface area contributed by atoms with Crippen molar-refractivity contribution in [3.05, 3.63) is 95.7 Å². The first-order chi connectivity index (χ1) is 32.9. The van der Waals surface area contributed by atoms with E-state index >= 15 is 0 Å². The Morgan fingerprint density at radius 1 is 0.812 bits per heavy atom. The maximum atomic E-state index is 12.8. The van der Waals surface area contributed by atoms with Crippen molar-refractivity contribution in [3.8, 4) is 0 Å². The lowest BCUT2D eigenvalue weighted by atomic mass is 10.0. The van der Waals surface area contributed by atoms with Crippen LogP contribution in [0.2, 0.25) is 0 Å². The fourth-order valence-corrected chi connectivity index (χ4v) is 8.72. The van der Waals surface area contributed by atoms with Crippen LogP contribution in [0, 0.1) is 5.92 Å². The summed E-state index contributed by atoms with van der Waals surface area (Å²) in [6.45, 7) is 4.07. The van der Waals surface area contributed by atoms with E-state index in [-0.39, 0.29) is 25.1 Å². The number of aliphatic hydroxyl groups is 3. The number of carbonyl (C=O) groups is 2. The number of phosphoric acid groups is 2. The fraction of sp³-hybridized carbons (Fsp3) is 0.625. The first-order valence-corrected chi connectivity index (χ1v) is 26.9. The van der Waals surface area contributed by atoms with E-state index in [1.165, 1.54) is 25.3 Å². The van der Waals surface area contributed by atoms with Gasteiger partial charge in [0.25, 0.3) is 0 Å². The van der Waals surface area contributed by atoms with Gasteiger partial charge in [-0.05, 0) is 56.9 Å². The van der Waals surface area contributed by atoms with Crippen LogP contribution >= 0.6 is 15.6 Å². The number of aliphatic hydroxyl groups excluding tert-OH is 3. The monoisotopic (exact) mass is 1010 g/mol. The van der Waals surface area contributed by atoms with Crippen LogP contribution in [0.5, 0.6) is 0 Å². The molecule has 1 aliphatic heterocycles. The summed E-state index contributed by atoms with van der Waals surface area (Å²) in [6.07, 6.45) is 29.1. The molecule has 19 nitrogen and oxygen atoms in total. The van der Waals surface area contributed by atoms with E-state index in [2.05, 4.69) is 66.5 Å². The minimum absolute atomic E-state index is 0.00913. The highest BCUT2D eigenvalue weighted by Gasteiger charge is 2.46. The maximum Gasteiger partial charge on any atom is 0.481 e. The van der Waals surface area contributed by atoms with Crippen molar-refractivity contribution in [1.29, 1.82) is 0 Å². The molecule has 69 heavy (non-hydrogen) atoms. The summed E-state index contributed by atoms with van der Waals surface area (Å²) < 4.78 is 56.5. The third-order valence-corrected chi connectivity index (χ3v) is 12.9. The Morgan fingerprint density at radius 3 is 2.09 bits per heavy atom. The average molecular weight is 1010 g/mol. The van der Waals surface area contributed by atoms with Crippen LogP contribution < -0.4 is 11.4 Å². The van der Waals surface area contributed by atoms with Gasteiger partial charge >= 0.3 is 33.3 Å². The Kier molecular flexibility index (Phi) is 31.3. The number of aromatic nitrogens is 2. The second-order valence-electron chi connectivity index (χ2n) is 16.9. The number of hydrogen-bond donors (Lipinski definition) is 6. The van der Waals surface area contributed by atoms with Gasteiger partial charge in [-0.1, -0.05) is 145 Å². The van der Waals surface area contributed by atoms with Gasteiger partial charge in [-0.15, -0.1) is 0 Å². The zero-order valence-electron chi connectivity index (χ0n) is 40.4. The van der Waals surface area contributed by atoms with Gasteiger partial charge in [-0.3, -0.25) is 23.2 Å². The predicted octanol–water partition coefficient (Wildman–Crippen LogP) is 8.16. The number of esters is 2. The summed E-state index contributed by atoms with van der Waals surface area (Å²) in [7, 11) is -10.9. The van der Waals surface area contributed by atoms with E-state index in [1.54, 1.807) is 24.3 Å². The molecule has 8 atom stereocenters. The van der Waals surface area contributed by atoms with Gasteiger partial charge in [0, 0.05) is 19.0 Å². The summed E-state index contributed by atoms with van der Waals surface area (Å²) in [5, 5.41) is 31.1. The van der Waals surface area contributed by atoms with Gasteiger partial charge in [0.1, 0.15) is 30.7 Å². The number of rotatable bonds is 37. The van der Waals surface area contributed by atoms with E-state index in [4.69, 9.17) is 29.0 Å². The number of nitrogen functional groups attached to an aromatic ring is 1. The molecular formula is C48H77N3O16P2. The Morgan fingerprint density at radius 2 is 1.43 bits per heavy atom. The topological polar surface area (TPSA) is 286 Å². The number of phosphoric ester groups is 2. The zero-order chi connectivity index (χ0) is 50.9. The molecule has 0 bridgehead atoms. The molecule has 21 heteroatoms. The van der Waals surface area contributed by atoms with Crippen LogP contribution in [0.15, 0.2) is 90.0 Å². The van der Waals surface area contributed by atoms with Crippen LogP contribution in [-0.2, 0) is 46.3 Å². The molecular weight excluding hydrogens is 936 g/mol. The molecule has 1 aromatic heterocycles. The minimum Gasteiger partial charge on any atom is -0.462 e. The molecule has 0 spiro atoms. The second kappa shape index (κ2) is 35.3. The minimum atomic E-state index is -5.46. The smallest absolute Gasteiger partial charge is 0.462 e. The van der Waals surface area contributed by atoms with Gasteiger partial charge in [0.05, 0.1) is 19.3 Å². The van der Waals surface area contributed by atoms with Gasteiger partial charge in [-0.2, -0.15) is 9.29 Å². The first-order valence-electron chi connectivity index (χ1n) is 23.9. The first kappa shape index (κ1) is 61.3. The molecule has 3 unspecified atom stereocenters. The Hall–Kier alpha value is -3.84. The largest absolute Gasteiger partial charge is 0.481 e. The van der Waals surface area contributed by atoms with E-state index in [1.807, 2.05) is 12.2 Å². The molecule has 0 saturated carbocycles. The summed E-state index contributed by atoms with van der Waals surface area (Å²) >= 11 is 0. The highest BCUT2D eigenvalue weighted by Crippen LogP contribution is 2.60. The number of nitrogens with two attached hydrogens (primary N) is 1. The Bertz CT molecular complexity index is 1970. The third kappa shape index (κ3) is 29.2. The lowest BCUT2D eigenvalue weighted by Crippen LogP contribution is -2.36. The Balaban J connectivity index is 1.87. The van der Waals surface area contributed by atoms with E-state index < -0.39 is 89.8 Å². The second-order valence-corrected chi connectivity index (χ2v) is 20.0. The standard InChI is InChI=1S/C48H77N3O16P2/c1-4-5-6-7-8-9-10-11-12-13-17-20-24-29-39(52)30-25-22-27-31-43(53)62-35-40(65-44(54)32-26-21-18-15-14-16-19-23-28-38(2)3)36-63-68(58,59)67-69(60,61)64-37-41-45(55)46(56)47(66-41)51-34-33-42(49)50-48(51)57/h5-6,8-9,11-12,17,20,22,24-25,29,33-34,38-41,45-47,52,55-56H,4,7,10,13-16,18-19,21,23,26-28,30-32,35-37H2,1-3H3,(H,58,59)(H,60,61)(H2,49,50,57)/b6-5-,9-8-,12-11-,20-17-,25-22-,29-24-/t39?,40-,41-,45-,46-,47-/m1/s1. The number of allylic oxidation sites excluding steroid dienone is 10. The number of hydrogen-bond acceptors (Lipinski definition) is 16. The van der Waals surface area contributed by atoms with Crippen LogP contribution in [-0.4, -0.2) is 96.9 Å². The SMILES string of the molecule is CC/C=C\C/C=C\C/C=C\C/C=C\C=C/C(O)C/C=C\CCC(=O)OC[C@H](COP(=O)(O)OP(=O)(O)OC[C@H]1O[C@@H](n2ccc(N)nc2=O)[C@H](O)[C@@H]1O)OC(=O)CCCCCCCCCCC(C)C. The van der Waals surface area contributed by atoms with Crippen LogP contribution in [0.4, 0.5) is 5.82 Å². The highest BCUT2D eigenvalue weighted by molar-refractivity contribution is 7.61. The van der Waals surface area contributed by atoms with E-state index in [9.17, 15) is 48.6 Å². The normalized spacial score (nSPS) is 20.5. The van der Waals surface area contributed by atoms with E-state index in [0.717, 1.165) is 68.6 Å². The van der Waals surface area contributed by atoms with Crippen molar-refractivity contribution in [1.82, 2.24) is 9.55 Å². The average Bonchev–Trinajstić information content (AvgIpc) is 3.56. The zero-order valence-corrected chi connectivity index (χ0v) is 42.1. The molecule has 0 amide bonds. The number of anilines is 1. The van der Waals surface area contributed by atoms with E-state index in [0.29, 0.717) is 18.8 Å². The van der Waals surface area contributed by atoms with Crippen molar-refractivity contribution in [2.75, 3.05) is 25.6 Å². The molecule has 0 radical (unpaired) electrons. The summed E-state index contributed by atoms with van der Waals surface area (Å²) in [5.41, 5.74) is 4.56. The van der Waals surface area contributed by atoms with Gasteiger partial charge < -0.3 is 45.1 Å². The van der Waals surface area contributed by atoms with Crippen molar-refractivity contribution < 1.29 is 71.4 Å². The van der Waals surface area contributed by atoms with Crippen LogP contribution in [0.25, 0.3) is 0 Å². The third-order valence-electron chi connectivity index (χ3n) is 10.3. The van der Waals surface area contributed by atoms with Crippen molar-refractivity contribution in [2.24, 2.45) is 5.92 Å². The highest BCUT2D eigenvalue weighted by atomic mass is 31.3. The molecule has 7 N–H and O–H groups in total. The quantitative estimate of drug-likeness (QED) is 0.0120. The maximum absolute atomic E-state index is 12.8. The predicted molar refractivity (Wildman–Crippen MR) is 262 cm³/mol. The van der Waals surface area contributed by atoms with Crippen LogP contribution in [0.1, 0.15) is 136 Å². The molecule has 0 aromatic carbocycles. The van der Waals surface area contributed by atoms with Gasteiger partial charge in [0.15, 0.2) is 12.3 Å². The van der Waals surface area contributed by atoms with Crippen molar-refractivity contribution in [3.63, 3.8) is 0 Å². The lowest BCUT2D eigenvalue weighted by Gasteiger charge is -2.21. The molecule has 0 aliphatic carbocycles. The van der Waals surface area contributed by atoms with Crippen LogP contribution in [0.3, 0.4) is 0 Å². The summed E-state index contributed by atoms with van der Waals surface area (Å²) in [5.74, 6) is -0.800. The molecule has 2 rings (SSSR count). The molecule has 1 aromatic rings. The Labute approximate surface area is 407 Å². The molecule has 390 valence electrons. The van der Waals surface area contributed by atoms with Gasteiger partial charge in [0.2, 0.25) is 0 Å². The van der Waals surface area contributed by atoms with Crippen molar-refractivity contribution in [2.45, 2.75) is 167 Å². The number of nitrogens with zero attached hydrogens (tertiary/aromatic N) is 2. The summed E-state index contributed by atoms with van der Waals surface area (Å²) in [4.78, 5) is 61.7. The fourth-order valence-electron chi connectivity index (χ4n) is 6.61. The van der Waals surface area contributed by atoms with Crippen molar-refractivity contribution >= 4 is 33.4 Å². The number of carbonyl (C=O) groups excluding carboxylic acids is 2. The number of unbranched alkanes of at least 4 members (excludes halogenated alkanes) is 7. The van der Waals surface area contributed by atoms with Gasteiger partial charge in [-0.25, -0.2) is 13.9 Å². The molecule has 1 saturated heterocycles. The molecule has 1 fully saturated rings. The lowest BCUT2D eigenvalue weighted by molar-refractivity contribution is -0.161. The summed E-state index contributed by atoms with van der Waals surface area (Å²) in [6, 6.07) is 1.24. The molecule has 2 heterocycles. The number of ether oxygens (including phenoxy) is 3. The molecule has 1 aliphatic rings.